The molecule has 1 fully saturated rings. The van der Waals surface area contributed by atoms with E-state index in [1.807, 2.05) is 36.2 Å². The number of benzene rings is 3. The van der Waals surface area contributed by atoms with Crippen molar-refractivity contribution >= 4 is 52.2 Å². The van der Waals surface area contributed by atoms with Crippen molar-refractivity contribution in [3.8, 4) is 6.07 Å². The van der Waals surface area contributed by atoms with Crippen molar-refractivity contribution in [1.82, 2.24) is 0 Å². The smallest absolute Gasteiger partial charge is 0.264 e. The van der Waals surface area contributed by atoms with E-state index in [0.717, 1.165) is 36.1 Å². The molecule has 3 aromatic rings. The average Bonchev–Trinajstić information content (AvgIpc) is 3.16. The van der Waals surface area contributed by atoms with Crippen molar-refractivity contribution in [1.29, 1.82) is 5.26 Å². The van der Waals surface area contributed by atoms with Crippen molar-refractivity contribution in [3.63, 3.8) is 0 Å². The maximum Gasteiger partial charge on any atom is 0.264 e. The summed E-state index contributed by atoms with van der Waals surface area (Å²) in [5.41, 5.74) is 2.13. The lowest BCUT2D eigenvalue weighted by Crippen LogP contribution is -2.68. The van der Waals surface area contributed by atoms with Gasteiger partial charge in [0.2, 0.25) is 5.91 Å². The van der Waals surface area contributed by atoms with Crippen molar-refractivity contribution in [2.24, 2.45) is 41.4 Å². The third kappa shape index (κ3) is 9.90. The van der Waals surface area contributed by atoms with Crippen LogP contribution >= 0.6 is 11.8 Å². The number of hydrogen-bond donors (Lipinski definition) is 0. The van der Waals surface area contributed by atoms with Gasteiger partial charge in [-0.2, -0.15) is 13.7 Å². The van der Waals surface area contributed by atoms with Crippen LogP contribution in [0.5, 0.6) is 0 Å². The molecular weight excluding hydrogens is 753 g/mol. The number of nitriles is 1. The van der Waals surface area contributed by atoms with Crippen LogP contribution in [0.3, 0.4) is 0 Å². The van der Waals surface area contributed by atoms with Gasteiger partial charge in [0, 0.05) is 36.1 Å². The highest BCUT2D eigenvalue weighted by Crippen LogP contribution is 2.53. The normalized spacial score (nSPS) is 22.7. The van der Waals surface area contributed by atoms with Gasteiger partial charge in [0.25, 0.3) is 18.4 Å². The van der Waals surface area contributed by atoms with Crippen LogP contribution in [0, 0.1) is 52.8 Å². The lowest BCUT2D eigenvalue weighted by molar-refractivity contribution is -0.126. The van der Waals surface area contributed by atoms with E-state index >= 15 is 0 Å². The zero-order valence-corrected chi connectivity index (χ0v) is 37.4. The molecule has 2 aliphatic carbocycles. The molecule has 0 spiro atoms. The number of amides is 1. The molecule has 302 valence electrons. The monoisotopic (exact) mass is 814 g/mol. The Labute approximate surface area is 342 Å². The summed E-state index contributed by atoms with van der Waals surface area (Å²) in [6.07, 6.45) is 6.25. The molecule has 3 aromatic carbocycles. The van der Waals surface area contributed by atoms with Gasteiger partial charge in [-0.15, -0.1) is 11.8 Å². The molecule has 7 atom stereocenters. The van der Waals surface area contributed by atoms with Crippen LogP contribution < -0.4 is 15.3 Å². The summed E-state index contributed by atoms with van der Waals surface area (Å²) in [7, 11) is -4.70. The number of thioether (sulfide) groups is 1. The molecule has 0 aliphatic heterocycles. The second-order valence-electron chi connectivity index (χ2n) is 17.5. The highest BCUT2D eigenvalue weighted by Gasteiger charge is 2.55. The number of hydrogen-bond acceptors (Lipinski definition) is 7. The molecule has 56 heavy (non-hydrogen) atoms. The van der Waals surface area contributed by atoms with Crippen molar-refractivity contribution < 1.29 is 21.8 Å². The van der Waals surface area contributed by atoms with E-state index in [1.54, 1.807) is 11.8 Å². The third-order valence-corrected chi connectivity index (χ3v) is 19.1. The molecule has 0 N–H and O–H groups in total. The van der Waals surface area contributed by atoms with Crippen molar-refractivity contribution in [2.75, 3.05) is 30.6 Å². The molecule has 0 saturated heterocycles. The number of para-hydroxylation sites is 1. The van der Waals surface area contributed by atoms with Gasteiger partial charge in [-0.05, 0) is 89.2 Å². The highest BCUT2D eigenvalue weighted by atomic mass is 32.2. The first-order valence-corrected chi connectivity index (χ1v) is 24.9. The Morgan fingerprint density at radius 1 is 0.946 bits per heavy atom. The molecule has 0 unspecified atom stereocenters. The molecule has 0 heterocycles. The van der Waals surface area contributed by atoms with Gasteiger partial charge < -0.3 is 9.33 Å². The van der Waals surface area contributed by atoms with Gasteiger partial charge in [-0.25, -0.2) is 0 Å². The van der Waals surface area contributed by atoms with Crippen LogP contribution in [0.25, 0.3) is 0 Å². The topological polar surface area (TPSA) is 96.7 Å². The fourth-order valence-electron chi connectivity index (χ4n) is 9.69. The summed E-state index contributed by atoms with van der Waals surface area (Å²) in [5.74, 6) is 0.966. The molecule has 0 radical (unpaired) electrons. The second kappa shape index (κ2) is 18.6. The zero-order valence-electron chi connectivity index (χ0n) is 34.8. The van der Waals surface area contributed by atoms with Crippen molar-refractivity contribution in [2.45, 2.75) is 90.2 Å². The van der Waals surface area contributed by atoms with Gasteiger partial charge in [-0.3, -0.25) is 8.98 Å². The molecule has 5 rings (SSSR count). The minimum Gasteiger partial charge on any atom is -0.404 e. The van der Waals surface area contributed by atoms with Crippen LogP contribution in [-0.4, -0.2) is 54.4 Å². The maximum absolute atomic E-state index is 14.8. The summed E-state index contributed by atoms with van der Waals surface area (Å²) >= 11 is 1.60. The summed E-state index contributed by atoms with van der Waals surface area (Å²) < 4.78 is 38.2. The lowest BCUT2D eigenvalue weighted by Gasteiger charge is -2.53. The fourth-order valence-corrected chi connectivity index (χ4v) is 15.7. The highest BCUT2D eigenvalue weighted by molar-refractivity contribution is 7.99. The van der Waals surface area contributed by atoms with E-state index in [2.05, 4.69) is 121 Å². The van der Waals surface area contributed by atoms with Gasteiger partial charge in [0.05, 0.1) is 24.6 Å². The standard InChI is InChI=1S/C46H62N2O5S2Si/c1-32(2)42(31-52-55(9,50)51)40-28-33(3)27-39-38(34(4)45(49)48(8)43-23-16-17-24-44(43)54-26-18-25-47)29-35(30-41(39)40)53-56(46(5,6)7,36-19-12-10-13-20-36)37-21-14-11-15-22-37/h10-17,19-24,27,32,34-35,38-42H,18,26,28-31H2,1-9H3/t34-,35+,38-,39+,40+,41-,42+/m0/s1. The number of carbonyl (C=O) groups excluding carboxylic acids is 1. The Hall–Kier alpha value is -3.20. The first-order valence-electron chi connectivity index (χ1n) is 20.1. The van der Waals surface area contributed by atoms with Crippen LogP contribution in [0.4, 0.5) is 5.69 Å². The fraction of sp³-hybridized carbons (Fsp3) is 0.522. The van der Waals surface area contributed by atoms with Crippen LogP contribution in [0.15, 0.2) is 101 Å². The number of allylic oxidation sites excluding steroid dienone is 2. The first kappa shape index (κ1) is 43.9. The van der Waals surface area contributed by atoms with Gasteiger partial charge in [0.1, 0.15) is 0 Å². The zero-order chi connectivity index (χ0) is 40.8. The van der Waals surface area contributed by atoms with Gasteiger partial charge in [0.15, 0.2) is 0 Å². The number of rotatable bonds is 15. The van der Waals surface area contributed by atoms with Crippen LogP contribution in [0.2, 0.25) is 5.04 Å². The lowest BCUT2D eigenvalue weighted by atomic mass is 9.56. The minimum absolute atomic E-state index is 0.000802. The Bertz CT molecular complexity index is 1920. The molecule has 10 heteroatoms. The Balaban J connectivity index is 1.61. The Morgan fingerprint density at radius 2 is 1.54 bits per heavy atom. The van der Waals surface area contributed by atoms with E-state index in [-0.39, 0.29) is 65.1 Å². The molecule has 0 aromatic heterocycles. The van der Waals surface area contributed by atoms with E-state index in [4.69, 9.17) is 8.61 Å². The van der Waals surface area contributed by atoms with E-state index in [0.29, 0.717) is 12.2 Å². The third-order valence-electron chi connectivity index (χ3n) is 12.3. The summed E-state index contributed by atoms with van der Waals surface area (Å²) in [6.45, 7) is 15.7. The molecule has 7 nitrogen and oxygen atoms in total. The molecule has 1 amide bonds. The second-order valence-corrected chi connectivity index (χ2v) is 24.5. The van der Waals surface area contributed by atoms with Crippen molar-refractivity contribution in [3.05, 3.63) is 96.6 Å². The Morgan fingerprint density at radius 3 is 2.09 bits per heavy atom. The van der Waals surface area contributed by atoms with Crippen LogP contribution in [0.1, 0.15) is 74.1 Å². The van der Waals surface area contributed by atoms with Crippen LogP contribution in [-0.2, 0) is 23.5 Å². The summed E-state index contributed by atoms with van der Waals surface area (Å²) in [6, 6.07) is 31.7. The Kier molecular flexibility index (Phi) is 14.6. The quantitative estimate of drug-likeness (QED) is 0.0497. The van der Waals surface area contributed by atoms with Gasteiger partial charge in [-0.1, -0.05) is 126 Å². The van der Waals surface area contributed by atoms with E-state index < -0.39 is 18.4 Å². The van der Waals surface area contributed by atoms with E-state index in [9.17, 15) is 18.5 Å². The number of carbonyl (C=O) groups is 1. The summed E-state index contributed by atoms with van der Waals surface area (Å²) in [4.78, 5) is 17.6. The first-order chi connectivity index (χ1) is 26.5. The molecule has 1 saturated carbocycles. The average molecular weight is 815 g/mol. The van der Waals surface area contributed by atoms with E-state index in [1.165, 1.54) is 15.9 Å². The molecule has 0 bridgehead atoms. The largest absolute Gasteiger partial charge is 0.404 e. The number of fused-ring (bicyclic) bond motifs is 1. The number of anilines is 1. The number of nitrogens with zero attached hydrogens (tertiary/aromatic N) is 2. The maximum atomic E-state index is 14.8. The van der Waals surface area contributed by atoms with Gasteiger partial charge >= 0.3 is 0 Å². The minimum atomic E-state index is -3.63. The molecular formula is C46H62N2O5S2Si. The predicted octanol–water partition coefficient (Wildman–Crippen LogP) is 9.09. The summed E-state index contributed by atoms with van der Waals surface area (Å²) in [5, 5.41) is 11.4. The molecule has 2 aliphatic rings. The SMILES string of the molecule is CC1=C[C@@H]2[C@H]([C@H](C)C(=O)N(C)c3ccccc3SCCC#N)C[C@@H](O[Si](c3ccccc3)(c3ccccc3)C(C)(C)C)C[C@@H]2[C@H]([C@H](COS(C)(=O)=O)C(C)C)C1. The predicted molar refractivity (Wildman–Crippen MR) is 233 cm³/mol.